The third-order valence-electron chi connectivity index (χ3n) is 3.49. The Kier molecular flexibility index (Phi) is 3.30. The first-order chi connectivity index (χ1) is 7.61. The van der Waals surface area contributed by atoms with E-state index in [-0.39, 0.29) is 5.54 Å². The van der Waals surface area contributed by atoms with E-state index in [4.69, 9.17) is 0 Å². The quantitative estimate of drug-likeness (QED) is 0.828. The minimum absolute atomic E-state index is 0.271. The summed E-state index contributed by atoms with van der Waals surface area (Å²) in [5.74, 6) is 0. The largest absolute Gasteiger partial charge is 0.309 e. The zero-order chi connectivity index (χ0) is 11.6. The van der Waals surface area contributed by atoms with Crippen molar-refractivity contribution in [2.45, 2.75) is 32.4 Å². The van der Waals surface area contributed by atoms with E-state index in [9.17, 15) is 0 Å². The van der Waals surface area contributed by atoms with Gasteiger partial charge in [-0.15, -0.1) is 0 Å². The van der Waals surface area contributed by atoms with Gasteiger partial charge in [-0.05, 0) is 19.4 Å². The van der Waals surface area contributed by atoms with Crippen LogP contribution in [0.15, 0.2) is 12.3 Å². The monoisotopic (exact) mass is 222 g/mol. The molecule has 1 atom stereocenters. The predicted octanol–water partition coefficient (Wildman–Crippen LogP) is 0.994. The van der Waals surface area contributed by atoms with Gasteiger partial charge in [0.05, 0.1) is 5.69 Å². The Hall–Kier alpha value is -0.870. The smallest absolute Gasteiger partial charge is 0.0764 e. The Morgan fingerprint density at radius 2 is 2.38 bits per heavy atom. The molecule has 1 N–H and O–H groups in total. The van der Waals surface area contributed by atoms with E-state index < -0.39 is 0 Å². The Morgan fingerprint density at radius 1 is 1.56 bits per heavy atom. The first-order valence-electron chi connectivity index (χ1n) is 6.07. The molecule has 0 amide bonds. The SMILES string of the molecule is CCC1(C)CN(Cc2ccn(C)n2)CCN1. The first-order valence-corrected chi connectivity index (χ1v) is 6.07. The van der Waals surface area contributed by atoms with Gasteiger partial charge < -0.3 is 5.32 Å². The fraction of sp³-hybridized carbons (Fsp3) is 0.750. The molecule has 0 spiro atoms. The van der Waals surface area contributed by atoms with Crippen molar-refractivity contribution in [2.75, 3.05) is 19.6 Å². The van der Waals surface area contributed by atoms with Crippen LogP contribution in [0, 0.1) is 0 Å². The van der Waals surface area contributed by atoms with E-state index in [0.29, 0.717) is 0 Å². The molecule has 90 valence electrons. The van der Waals surface area contributed by atoms with E-state index in [0.717, 1.165) is 26.2 Å². The molecule has 2 rings (SSSR count). The van der Waals surface area contributed by atoms with Crippen LogP contribution in [0.25, 0.3) is 0 Å². The van der Waals surface area contributed by atoms with Crippen molar-refractivity contribution in [1.82, 2.24) is 20.0 Å². The maximum Gasteiger partial charge on any atom is 0.0764 e. The average Bonchev–Trinajstić information content (AvgIpc) is 2.64. The Labute approximate surface area is 97.6 Å². The van der Waals surface area contributed by atoms with E-state index in [1.807, 2.05) is 17.9 Å². The number of rotatable bonds is 3. The molecule has 0 aliphatic carbocycles. The lowest BCUT2D eigenvalue weighted by Gasteiger charge is -2.40. The zero-order valence-corrected chi connectivity index (χ0v) is 10.5. The van der Waals surface area contributed by atoms with Crippen LogP contribution in [0.2, 0.25) is 0 Å². The number of piperazine rings is 1. The van der Waals surface area contributed by atoms with Gasteiger partial charge in [0.25, 0.3) is 0 Å². The second kappa shape index (κ2) is 4.55. The van der Waals surface area contributed by atoms with Gasteiger partial charge in [0.1, 0.15) is 0 Å². The molecule has 0 aromatic carbocycles. The Bertz CT molecular complexity index is 347. The van der Waals surface area contributed by atoms with Crippen LogP contribution in [-0.2, 0) is 13.6 Å². The molecule has 2 heterocycles. The van der Waals surface area contributed by atoms with E-state index >= 15 is 0 Å². The van der Waals surface area contributed by atoms with Crippen molar-refractivity contribution in [3.63, 3.8) is 0 Å². The molecule has 1 saturated heterocycles. The number of nitrogens with zero attached hydrogens (tertiary/aromatic N) is 3. The highest BCUT2D eigenvalue weighted by molar-refractivity contribution is 5.00. The van der Waals surface area contributed by atoms with Crippen molar-refractivity contribution in [1.29, 1.82) is 0 Å². The summed E-state index contributed by atoms with van der Waals surface area (Å²) < 4.78 is 1.87. The Morgan fingerprint density at radius 3 is 3.00 bits per heavy atom. The minimum Gasteiger partial charge on any atom is -0.309 e. The summed E-state index contributed by atoms with van der Waals surface area (Å²) in [6.07, 6.45) is 3.18. The molecule has 0 bridgehead atoms. The van der Waals surface area contributed by atoms with Crippen molar-refractivity contribution < 1.29 is 0 Å². The third kappa shape index (κ3) is 2.62. The van der Waals surface area contributed by atoms with Crippen molar-refractivity contribution in [3.05, 3.63) is 18.0 Å². The van der Waals surface area contributed by atoms with Crippen molar-refractivity contribution in [2.24, 2.45) is 7.05 Å². The number of nitrogens with one attached hydrogen (secondary N) is 1. The van der Waals surface area contributed by atoms with Crippen LogP contribution in [0.4, 0.5) is 0 Å². The standard InChI is InChI=1S/C12H22N4/c1-4-12(2)10-16(8-6-13-12)9-11-5-7-15(3)14-11/h5,7,13H,4,6,8-10H2,1-3H3. The summed E-state index contributed by atoms with van der Waals surface area (Å²) >= 11 is 0. The fourth-order valence-electron chi connectivity index (χ4n) is 2.29. The molecule has 1 aromatic heterocycles. The topological polar surface area (TPSA) is 33.1 Å². The van der Waals surface area contributed by atoms with Gasteiger partial charge in [-0.1, -0.05) is 6.92 Å². The number of aryl methyl sites for hydroxylation is 1. The maximum absolute atomic E-state index is 4.43. The molecule has 4 heteroatoms. The highest BCUT2D eigenvalue weighted by Gasteiger charge is 2.28. The molecule has 0 radical (unpaired) electrons. The van der Waals surface area contributed by atoms with Crippen molar-refractivity contribution >= 4 is 0 Å². The van der Waals surface area contributed by atoms with E-state index in [1.54, 1.807) is 0 Å². The van der Waals surface area contributed by atoms with Crippen molar-refractivity contribution in [3.8, 4) is 0 Å². The lowest BCUT2D eigenvalue weighted by Crippen LogP contribution is -2.58. The van der Waals surface area contributed by atoms with Gasteiger partial charge in [-0.2, -0.15) is 5.10 Å². The van der Waals surface area contributed by atoms with Crippen LogP contribution >= 0.6 is 0 Å². The van der Waals surface area contributed by atoms with Crippen LogP contribution in [0.3, 0.4) is 0 Å². The third-order valence-corrected chi connectivity index (χ3v) is 3.49. The molecule has 1 aromatic rings. The second-order valence-corrected chi connectivity index (χ2v) is 5.03. The summed E-state index contributed by atoms with van der Waals surface area (Å²) in [7, 11) is 1.97. The van der Waals surface area contributed by atoms with Gasteiger partial charge >= 0.3 is 0 Å². The zero-order valence-electron chi connectivity index (χ0n) is 10.5. The van der Waals surface area contributed by atoms with Gasteiger partial charge in [0.2, 0.25) is 0 Å². The molecule has 1 unspecified atom stereocenters. The van der Waals surface area contributed by atoms with Gasteiger partial charge in [-0.25, -0.2) is 0 Å². The lowest BCUT2D eigenvalue weighted by molar-refractivity contribution is 0.132. The molecule has 4 nitrogen and oxygen atoms in total. The summed E-state index contributed by atoms with van der Waals surface area (Å²) in [5, 5.41) is 8.03. The molecule has 0 saturated carbocycles. The minimum atomic E-state index is 0.271. The molecular weight excluding hydrogens is 200 g/mol. The van der Waals surface area contributed by atoms with Crippen LogP contribution < -0.4 is 5.32 Å². The number of hydrogen-bond donors (Lipinski definition) is 1. The fourth-order valence-corrected chi connectivity index (χ4v) is 2.29. The van der Waals surface area contributed by atoms with Crippen LogP contribution in [0.5, 0.6) is 0 Å². The van der Waals surface area contributed by atoms with Gasteiger partial charge in [0.15, 0.2) is 0 Å². The van der Waals surface area contributed by atoms with Crippen LogP contribution in [0.1, 0.15) is 26.0 Å². The summed E-state index contributed by atoms with van der Waals surface area (Å²) in [6.45, 7) is 8.83. The highest BCUT2D eigenvalue weighted by atomic mass is 15.3. The van der Waals surface area contributed by atoms with Crippen LogP contribution in [-0.4, -0.2) is 39.9 Å². The summed E-state index contributed by atoms with van der Waals surface area (Å²) in [6, 6.07) is 2.10. The maximum atomic E-state index is 4.43. The average molecular weight is 222 g/mol. The number of aromatic nitrogens is 2. The van der Waals surface area contributed by atoms with E-state index in [2.05, 4.69) is 35.2 Å². The highest BCUT2D eigenvalue weighted by Crippen LogP contribution is 2.16. The predicted molar refractivity (Wildman–Crippen MR) is 65.2 cm³/mol. The summed E-state index contributed by atoms with van der Waals surface area (Å²) in [4.78, 5) is 2.49. The first kappa shape index (κ1) is 11.6. The molecular formula is C12H22N4. The lowest BCUT2D eigenvalue weighted by atomic mass is 9.96. The molecule has 16 heavy (non-hydrogen) atoms. The number of hydrogen-bond acceptors (Lipinski definition) is 3. The summed E-state index contributed by atoms with van der Waals surface area (Å²) in [5.41, 5.74) is 1.44. The van der Waals surface area contributed by atoms with E-state index in [1.165, 1.54) is 12.1 Å². The van der Waals surface area contributed by atoms with Gasteiger partial charge in [-0.3, -0.25) is 9.58 Å². The van der Waals surface area contributed by atoms with Gasteiger partial charge in [0, 0.05) is 45.0 Å². The second-order valence-electron chi connectivity index (χ2n) is 5.03. The molecule has 1 fully saturated rings. The molecule has 1 aliphatic heterocycles. The Balaban J connectivity index is 1.95. The normalized spacial score (nSPS) is 27.2. The molecule has 1 aliphatic rings.